The quantitative estimate of drug-likeness (QED) is 0.199. The normalized spacial score (nSPS) is 11.9. The van der Waals surface area contributed by atoms with E-state index in [1.807, 2.05) is 6.92 Å². The third-order valence-corrected chi connectivity index (χ3v) is 4.90. The van der Waals surface area contributed by atoms with Gasteiger partial charge in [-0.05, 0) is 23.5 Å². The molecule has 0 aliphatic rings. The molecule has 1 rings (SSSR count). The molecule has 0 aliphatic heterocycles. The third-order valence-electron chi connectivity index (χ3n) is 4.90. The molecular formula is C27H48O8. The highest BCUT2D eigenvalue weighted by Crippen LogP contribution is 2.22. The highest BCUT2D eigenvalue weighted by Gasteiger charge is 2.12. The fourth-order valence-corrected chi connectivity index (χ4v) is 2.87. The van der Waals surface area contributed by atoms with Crippen LogP contribution in [-0.2, 0) is 49.9 Å². The van der Waals surface area contributed by atoms with Crippen LogP contribution >= 0.6 is 0 Å². The number of benzene rings is 1. The van der Waals surface area contributed by atoms with Gasteiger partial charge in [0.25, 0.3) is 0 Å². The maximum Gasteiger partial charge on any atom is 0.0718 e. The van der Waals surface area contributed by atoms with Crippen molar-refractivity contribution in [3.63, 3.8) is 0 Å². The fourth-order valence-electron chi connectivity index (χ4n) is 2.87. The lowest BCUT2D eigenvalue weighted by Gasteiger charge is -2.19. The second-order valence-corrected chi connectivity index (χ2v) is 8.87. The molecule has 0 spiro atoms. The van der Waals surface area contributed by atoms with Gasteiger partial charge in [-0.25, -0.2) is 0 Å². The molecule has 8 heteroatoms. The van der Waals surface area contributed by atoms with Gasteiger partial charge in [0.15, 0.2) is 0 Å². The highest BCUT2D eigenvalue weighted by atomic mass is 16.6. The van der Waals surface area contributed by atoms with Crippen molar-refractivity contribution in [1.29, 1.82) is 0 Å². The molecule has 1 aromatic rings. The van der Waals surface area contributed by atoms with Crippen molar-refractivity contribution in [3.05, 3.63) is 35.4 Å². The first kappa shape index (κ1) is 31.9. The molecule has 0 aromatic heterocycles. The van der Waals surface area contributed by atoms with Crippen LogP contribution in [0.15, 0.2) is 24.3 Å². The molecule has 1 aromatic carbocycles. The minimum atomic E-state index is 0.173. The average molecular weight is 501 g/mol. The summed E-state index contributed by atoms with van der Waals surface area (Å²) in [5.41, 5.74) is 2.68. The molecular weight excluding hydrogens is 452 g/mol. The Hall–Kier alpha value is -1.10. The molecule has 0 saturated heterocycles. The van der Waals surface area contributed by atoms with Gasteiger partial charge in [0.1, 0.15) is 0 Å². The molecule has 0 N–H and O–H groups in total. The zero-order valence-corrected chi connectivity index (χ0v) is 22.4. The minimum absolute atomic E-state index is 0.173. The summed E-state index contributed by atoms with van der Waals surface area (Å²) in [6.07, 6.45) is 0. The number of rotatable bonds is 24. The molecule has 0 aliphatic carbocycles. The minimum Gasteiger partial charge on any atom is -0.379 e. The van der Waals surface area contributed by atoms with Crippen LogP contribution in [0.5, 0.6) is 0 Å². The second kappa shape index (κ2) is 22.1. The van der Waals surface area contributed by atoms with E-state index in [1.165, 1.54) is 11.1 Å². The summed E-state index contributed by atoms with van der Waals surface area (Å²) < 4.78 is 43.6. The van der Waals surface area contributed by atoms with Gasteiger partial charge in [0.2, 0.25) is 0 Å². The lowest BCUT2D eigenvalue weighted by Crippen LogP contribution is -2.15. The predicted octanol–water partition coefficient (Wildman–Crippen LogP) is 3.64. The van der Waals surface area contributed by atoms with Crippen LogP contribution in [-0.4, -0.2) is 99.1 Å². The van der Waals surface area contributed by atoms with Crippen molar-refractivity contribution in [2.45, 2.75) is 39.7 Å². The number of ether oxygens (including phenoxy) is 8. The summed E-state index contributed by atoms with van der Waals surface area (Å²) in [6, 6.07) is 8.60. The Morgan fingerprint density at radius 1 is 0.457 bits per heavy atom. The second-order valence-electron chi connectivity index (χ2n) is 8.87. The van der Waals surface area contributed by atoms with Crippen LogP contribution in [0.2, 0.25) is 0 Å². The first-order valence-electron chi connectivity index (χ1n) is 12.8. The van der Waals surface area contributed by atoms with Gasteiger partial charge >= 0.3 is 0 Å². The first-order chi connectivity index (χ1) is 17.0. The van der Waals surface area contributed by atoms with Crippen LogP contribution < -0.4 is 0 Å². The zero-order chi connectivity index (χ0) is 25.5. The number of hydrogen-bond donors (Lipinski definition) is 0. The van der Waals surface area contributed by atoms with Gasteiger partial charge in [-0.15, -0.1) is 0 Å². The van der Waals surface area contributed by atoms with Crippen LogP contribution in [0, 0.1) is 0 Å². The zero-order valence-electron chi connectivity index (χ0n) is 22.4. The van der Waals surface area contributed by atoms with E-state index in [1.54, 1.807) is 0 Å². The number of hydrogen-bond acceptors (Lipinski definition) is 8. The first-order valence-corrected chi connectivity index (χ1v) is 12.8. The summed E-state index contributed by atoms with van der Waals surface area (Å²) in [4.78, 5) is 0. The van der Waals surface area contributed by atoms with E-state index in [9.17, 15) is 0 Å². The standard InChI is InChI=1S/C27H48O8/c1-5-28-10-11-29-12-13-30-14-15-31-16-17-32-18-19-33-20-21-34-22-23-35-24-25-6-8-26(9-7-25)27(2,3)4/h6-9H,5,10-24H2,1-4H3. The fraction of sp³-hybridized carbons (Fsp3) is 0.778. The van der Waals surface area contributed by atoms with Gasteiger partial charge in [0, 0.05) is 6.61 Å². The molecule has 204 valence electrons. The Bertz CT molecular complexity index is 574. The Balaban J connectivity index is 1.74. The SMILES string of the molecule is CCOCCOCCOCCOCCOCCOCCOCCOCc1ccc(C(C)(C)C)cc1. The lowest BCUT2D eigenvalue weighted by atomic mass is 9.87. The van der Waals surface area contributed by atoms with Crippen LogP contribution in [0.4, 0.5) is 0 Å². The van der Waals surface area contributed by atoms with Crippen LogP contribution in [0.25, 0.3) is 0 Å². The molecule has 35 heavy (non-hydrogen) atoms. The van der Waals surface area contributed by atoms with E-state index >= 15 is 0 Å². The maximum absolute atomic E-state index is 5.67. The molecule has 0 unspecified atom stereocenters. The molecule has 0 amide bonds. The molecule has 0 fully saturated rings. The monoisotopic (exact) mass is 500 g/mol. The summed E-state index contributed by atoms with van der Waals surface area (Å²) in [5, 5.41) is 0. The van der Waals surface area contributed by atoms with Gasteiger partial charge in [0.05, 0.1) is 99.1 Å². The van der Waals surface area contributed by atoms with Crippen LogP contribution in [0.3, 0.4) is 0 Å². The van der Waals surface area contributed by atoms with Gasteiger partial charge in [-0.3, -0.25) is 0 Å². The highest BCUT2D eigenvalue weighted by molar-refractivity contribution is 5.27. The topological polar surface area (TPSA) is 73.8 Å². The maximum atomic E-state index is 5.67. The van der Waals surface area contributed by atoms with Crippen molar-refractivity contribution in [2.75, 3.05) is 99.1 Å². The van der Waals surface area contributed by atoms with E-state index < -0.39 is 0 Å². The summed E-state index contributed by atoms with van der Waals surface area (Å²) in [5.74, 6) is 0. The van der Waals surface area contributed by atoms with Gasteiger partial charge in [-0.1, -0.05) is 45.0 Å². The van der Waals surface area contributed by atoms with Crippen molar-refractivity contribution < 1.29 is 37.9 Å². The average Bonchev–Trinajstić information content (AvgIpc) is 2.84. The van der Waals surface area contributed by atoms with Crippen molar-refractivity contribution in [3.8, 4) is 0 Å². The van der Waals surface area contributed by atoms with E-state index in [4.69, 9.17) is 37.9 Å². The van der Waals surface area contributed by atoms with Crippen molar-refractivity contribution in [1.82, 2.24) is 0 Å². The van der Waals surface area contributed by atoms with Crippen LogP contribution in [0.1, 0.15) is 38.8 Å². The Labute approximate surface area is 212 Å². The van der Waals surface area contributed by atoms with E-state index in [2.05, 4.69) is 45.0 Å². The largest absolute Gasteiger partial charge is 0.379 e. The Kier molecular flexibility index (Phi) is 20.2. The predicted molar refractivity (Wildman–Crippen MR) is 136 cm³/mol. The molecule has 0 saturated carbocycles. The summed E-state index contributed by atoms with van der Waals surface area (Å²) in [7, 11) is 0. The Morgan fingerprint density at radius 3 is 1.09 bits per heavy atom. The lowest BCUT2D eigenvalue weighted by molar-refractivity contribution is -0.0233. The molecule has 0 heterocycles. The van der Waals surface area contributed by atoms with Gasteiger partial charge < -0.3 is 37.9 Å². The van der Waals surface area contributed by atoms with E-state index in [0.29, 0.717) is 106 Å². The molecule has 0 atom stereocenters. The molecule has 0 bridgehead atoms. The van der Waals surface area contributed by atoms with Crippen molar-refractivity contribution >= 4 is 0 Å². The summed E-state index contributed by atoms with van der Waals surface area (Å²) in [6.45, 7) is 17.8. The van der Waals surface area contributed by atoms with E-state index in [-0.39, 0.29) is 5.41 Å². The van der Waals surface area contributed by atoms with Crippen molar-refractivity contribution in [2.24, 2.45) is 0 Å². The molecule has 8 nitrogen and oxygen atoms in total. The van der Waals surface area contributed by atoms with E-state index in [0.717, 1.165) is 0 Å². The molecule has 0 radical (unpaired) electrons. The Morgan fingerprint density at radius 2 is 0.771 bits per heavy atom. The smallest absolute Gasteiger partial charge is 0.0718 e. The van der Waals surface area contributed by atoms with Gasteiger partial charge in [-0.2, -0.15) is 0 Å². The summed E-state index contributed by atoms with van der Waals surface area (Å²) >= 11 is 0. The third kappa shape index (κ3) is 19.7.